The second-order valence-electron chi connectivity index (χ2n) is 4.46. The number of hydrogen-bond donors (Lipinski definition) is 1. The largest absolute Gasteiger partial charge is 0.457 e. The van der Waals surface area contributed by atoms with E-state index < -0.39 is 5.97 Å². The molecule has 0 aliphatic heterocycles. The van der Waals surface area contributed by atoms with E-state index in [0.29, 0.717) is 16.3 Å². The third-order valence-corrected chi connectivity index (χ3v) is 2.94. The van der Waals surface area contributed by atoms with Crippen molar-refractivity contribution in [1.82, 2.24) is 0 Å². The van der Waals surface area contributed by atoms with E-state index >= 15 is 0 Å². The fraction of sp³-hybridized carbons (Fsp3) is 0.125. The molecule has 2 aromatic carbocycles. The minimum Gasteiger partial charge on any atom is -0.457 e. The van der Waals surface area contributed by atoms with Crippen LogP contribution in [-0.4, -0.2) is 11.9 Å². The van der Waals surface area contributed by atoms with Crippen LogP contribution in [0.25, 0.3) is 0 Å². The molecule has 0 aliphatic carbocycles. The summed E-state index contributed by atoms with van der Waals surface area (Å²) in [6.07, 6.45) is 0. The molecule has 0 radical (unpaired) electrons. The predicted octanol–water partition coefficient (Wildman–Crippen LogP) is 3.66. The Labute approximate surface area is 127 Å². The van der Waals surface area contributed by atoms with E-state index in [1.54, 1.807) is 42.5 Å². The normalized spacial score (nSPS) is 10.0. The minimum absolute atomic E-state index is 0.160. The van der Waals surface area contributed by atoms with Gasteiger partial charge in [-0.1, -0.05) is 23.7 Å². The maximum atomic E-state index is 11.9. The van der Waals surface area contributed by atoms with Gasteiger partial charge in [-0.15, -0.1) is 0 Å². The van der Waals surface area contributed by atoms with Crippen LogP contribution in [0.2, 0.25) is 5.02 Å². The summed E-state index contributed by atoms with van der Waals surface area (Å²) in [6, 6.07) is 13.6. The highest BCUT2D eigenvalue weighted by molar-refractivity contribution is 6.30. The van der Waals surface area contributed by atoms with Crippen molar-refractivity contribution in [3.63, 3.8) is 0 Å². The predicted molar refractivity (Wildman–Crippen MR) is 81.3 cm³/mol. The molecule has 0 fully saturated rings. The van der Waals surface area contributed by atoms with Crippen molar-refractivity contribution in [1.29, 1.82) is 0 Å². The first kappa shape index (κ1) is 15.1. The van der Waals surface area contributed by atoms with Gasteiger partial charge in [-0.2, -0.15) is 0 Å². The Bertz CT molecular complexity index is 653. The van der Waals surface area contributed by atoms with Gasteiger partial charge in [-0.3, -0.25) is 4.79 Å². The quantitative estimate of drug-likeness (QED) is 0.877. The number of carbonyl (C=O) groups is 2. The molecule has 0 heterocycles. The van der Waals surface area contributed by atoms with Crippen LogP contribution >= 0.6 is 11.6 Å². The van der Waals surface area contributed by atoms with E-state index in [-0.39, 0.29) is 12.5 Å². The fourth-order valence-corrected chi connectivity index (χ4v) is 1.96. The van der Waals surface area contributed by atoms with Crippen LogP contribution in [-0.2, 0) is 16.1 Å². The smallest absolute Gasteiger partial charge is 0.338 e. The van der Waals surface area contributed by atoms with Gasteiger partial charge in [0.2, 0.25) is 5.91 Å². The lowest BCUT2D eigenvalue weighted by Gasteiger charge is -2.06. The highest BCUT2D eigenvalue weighted by Crippen LogP contribution is 2.14. The second-order valence-corrected chi connectivity index (χ2v) is 4.90. The maximum absolute atomic E-state index is 11.9. The van der Waals surface area contributed by atoms with Crippen LogP contribution in [0.3, 0.4) is 0 Å². The number of rotatable bonds is 4. The average Bonchev–Trinajstić information content (AvgIpc) is 2.45. The van der Waals surface area contributed by atoms with Crippen molar-refractivity contribution >= 4 is 29.2 Å². The van der Waals surface area contributed by atoms with E-state index in [1.165, 1.54) is 6.92 Å². The van der Waals surface area contributed by atoms with E-state index in [0.717, 1.165) is 5.56 Å². The van der Waals surface area contributed by atoms with Crippen LogP contribution < -0.4 is 5.32 Å². The van der Waals surface area contributed by atoms with E-state index in [9.17, 15) is 9.59 Å². The molecule has 2 aromatic rings. The summed E-state index contributed by atoms with van der Waals surface area (Å²) in [5.74, 6) is -0.587. The van der Waals surface area contributed by atoms with Crippen LogP contribution in [0, 0.1) is 0 Å². The van der Waals surface area contributed by atoms with Crippen molar-refractivity contribution in [2.45, 2.75) is 13.5 Å². The zero-order valence-corrected chi connectivity index (χ0v) is 12.2. The third-order valence-electron chi connectivity index (χ3n) is 2.70. The molecule has 0 aromatic heterocycles. The number of amides is 1. The summed E-state index contributed by atoms with van der Waals surface area (Å²) in [4.78, 5) is 22.8. The first-order valence-electron chi connectivity index (χ1n) is 6.34. The lowest BCUT2D eigenvalue weighted by molar-refractivity contribution is -0.114. The summed E-state index contributed by atoms with van der Waals surface area (Å²) in [7, 11) is 0. The standard InChI is InChI=1S/C16H14ClNO3/c1-11(19)18-15-7-5-13(6-8-15)16(20)21-10-12-3-2-4-14(17)9-12/h2-9H,10H2,1H3,(H,18,19). The van der Waals surface area contributed by atoms with Crippen molar-refractivity contribution in [3.05, 3.63) is 64.7 Å². The third kappa shape index (κ3) is 4.61. The molecule has 0 saturated carbocycles. The van der Waals surface area contributed by atoms with Gasteiger partial charge in [0.05, 0.1) is 5.56 Å². The van der Waals surface area contributed by atoms with Gasteiger partial charge in [0.25, 0.3) is 0 Å². The Morgan fingerprint density at radius 3 is 2.48 bits per heavy atom. The lowest BCUT2D eigenvalue weighted by atomic mass is 10.2. The monoisotopic (exact) mass is 303 g/mol. The number of anilines is 1. The van der Waals surface area contributed by atoms with Gasteiger partial charge in [0, 0.05) is 17.6 Å². The number of hydrogen-bond acceptors (Lipinski definition) is 3. The van der Waals surface area contributed by atoms with Gasteiger partial charge in [0.1, 0.15) is 6.61 Å². The molecule has 5 heteroatoms. The van der Waals surface area contributed by atoms with E-state index in [4.69, 9.17) is 16.3 Å². The molecule has 21 heavy (non-hydrogen) atoms. The van der Waals surface area contributed by atoms with Gasteiger partial charge >= 0.3 is 5.97 Å². The van der Waals surface area contributed by atoms with Crippen molar-refractivity contribution in [2.24, 2.45) is 0 Å². The van der Waals surface area contributed by atoms with Crippen LogP contribution in [0.5, 0.6) is 0 Å². The molecule has 0 saturated heterocycles. The van der Waals surface area contributed by atoms with E-state index in [2.05, 4.69) is 5.32 Å². The molecule has 0 unspecified atom stereocenters. The van der Waals surface area contributed by atoms with Gasteiger partial charge < -0.3 is 10.1 Å². The first-order valence-corrected chi connectivity index (χ1v) is 6.71. The van der Waals surface area contributed by atoms with Crippen LogP contribution in [0.15, 0.2) is 48.5 Å². The molecular weight excluding hydrogens is 290 g/mol. The lowest BCUT2D eigenvalue weighted by Crippen LogP contribution is -2.07. The highest BCUT2D eigenvalue weighted by Gasteiger charge is 2.07. The average molecular weight is 304 g/mol. The number of ether oxygens (including phenoxy) is 1. The fourth-order valence-electron chi connectivity index (χ4n) is 1.75. The van der Waals surface area contributed by atoms with Crippen molar-refractivity contribution in [2.75, 3.05) is 5.32 Å². The summed E-state index contributed by atoms with van der Waals surface area (Å²) in [5.41, 5.74) is 1.88. The first-order chi connectivity index (χ1) is 10.0. The Morgan fingerprint density at radius 2 is 1.86 bits per heavy atom. The van der Waals surface area contributed by atoms with Crippen molar-refractivity contribution < 1.29 is 14.3 Å². The number of benzene rings is 2. The Hall–Kier alpha value is -2.33. The number of carbonyl (C=O) groups excluding carboxylic acids is 2. The van der Waals surface area contributed by atoms with Gasteiger partial charge in [0.15, 0.2) is 0 Å². The highest BCUT2D eigenvalue weighted by atomic mass is 35.5. The summed E-state index contributed by atoms with van der Waals surface area (Å²) in [6.45, 7) is 1.58. The number of esters is 1. The number of nitrogens with one attached hydrogen (secondary N) is 1. The van der Waals surface area contributed by atoms with Crippen LogP contribution in [0.4, 0.5) is 5.69 Å². The zero-order chi connectivity index (χ0) is 15.2. The summed E-state index contributed by atoms with van der Waals surface area (Å²) in [5, 5.41) is 3.23. The molecule has 0 aliphatic rings. The Kier molecular flexibility index (Phi) is 4.95. The SMILES string of the molecule is CC(=O)Nc1ccc(C(=O)OCc2cccc(Cl)c2)cc1. The molecule has 0 spiro atoms. The Morgan fingerprint density at radius 1 is 1.14 bits per heavy atom. The molecule has 0 bridgehead atoms. The molecule has 1 amide bonds. The topological polar surface area (TPSA) is 55.4 Å². The Balaban J connectivity index is 1.95. The summed E-state index contributed by atoms with van der Waals surface area (Å²) >= 11 is 5.86. The molecule has 108 valence electrons. The van der Waals surface area contributed by atoms with Crippen LogP contribution in [0.1, 0.15) is 22.8 Å². The summed E-state index contributed by atoms with van der Waals surface area (Å²) < 4.78 is 5.21. The zero-order valence-electron chi connectivity index (χ0n) is 11.4. The number of halogens is 1. The molecule has 4 nitrogen and oxygen atoms in total. The molecule has 2 rings (SSSR count). The molecule has 1 N–H and O–H groups in total. The second kappa shape index (κ2) is 6.90. The molecular formula is C16H14ClNO3. The van der Waals surface area contributed by atoms with Gasteiger partial charge in [-0.05, 0) is 42.0 Å². The van der Waals surface area contributed by atoms with Gasteiger partial charge in [-0.25, -0.2) is 4.79 Å². The molecule has 0 atom stereocenters. The van der Waals surface area contributed by atoms with Crippen molar-refractivity contribution in [3.8, 4) is 0 Å². The minimum atomic E-state index is -0.427. The maximum Gasteiger partial charge on any atom is 0.338 e. The van der Waals surface area contributed by atoms with E-state index in [1.807, 2.05) is 6.07 Å².